The van der Waals surface area contributed by atoms with Gasteiger partial charge < -0.3 is 13.8 Å². The molecule has 3 nitrogen and oxygen atoms in total. The van der Waals surface area contributed by atoms with Gasteiger partial charge in [-0.1, -0.05) is 24.3 Å². The first kappa shape index (κ1) is 11.6. The molecule has 0 aromatic heterocycles. The van der Waals surface area contributed by atoms with Crippen LogP contribution in [0.25, 0.3) is 0 Å². The predicted octanol–water partition coefficient (Wildman–Crippen LogP) is 3.10. The maximum Gasteiger partial charge on any atom is 0.319 e. The molecule has 1 heterocycles. The van der Waals surface area contributed by atoms with Gasteiger partial charge in [0, 0.05) is 0 Å². The second-order valence-corrected chi connectivity index (χ2v) is 7.12. The van der Waals surface area contributed by atoms with Crippen molar-refractivity contribution in [2.24, 2.45) is 0 Å². The molecule has 1 unspecified atom stereocenters. The summed E-state index contributed by atoms with van der Waals surface area (Å²) >= 11 is 5.56. The zero-order valence-corrected chi connectivity index (χ0v) is 11.4. The number of fused-ring (bicyclic) bond motifs is 1. The molecule has 0 fully saturated rings. The maximum atomic E-state index is 5.88. The molecule has 92 valence electrons. The summed E-state index contributed by atoms with van der Waals surface area (Å²) in [6, 6.07) is 15.2. The standard InChI is InChI=1S/C13H11O3PS/c1-14-11-8-5-9-12-13(11)16-17(18,15-12)10-6-3-2-4-7-10/h2-9H,1H3. The Morgan fingerprint density at radius 3 is 2.50 bits per heavy atom. The number of ether oxygens (including phenoxy) is 1. The Morgan fingerprint density at radius 2 is 1.78 bits per heavy atom. The lowest BCUT2D eigenvalue weighted by Gasteiger charge is -2.14. The Bertz CT molecular complexity index is 627. The summed E-state index contributed by atoms with van der Waals surface area (Å²) in [5.74, 6) is 1.91. The van der Waals surface area contributed by atoms with Crippen molar-refractivity contribution in [2.45, 2.75) is 0 Å². The van der Waals surface area contributed by atoms with Gasteiger partial charge in [0.25, 0.3) is 0 Å². The number of methoxy groups -OCH3 is 1. The van der Waals surface area contributed by atoms with Crippen molar-refractivity contribution in [3.63, 3.8) is 0 Å². The highest BCUT2D eigenvalue weighted by Gasteiger charge is 2.35. The molecule has 1 atom stereocenters. The van der Waals surface area contributed by atoms with Crippen molar-refractivity contribution in [1.82, 2.24) is 0 Å². The molecule has 0 saturated carbocycles. The molecule has 0 amide bonds. The van der Waals surface area contributed by atoms with Gasteiger partial charge in [0.2, 0.25) is 5.75 Å². The number of para-hydroxylation sites is 1. The average Bonchev–Trinajstić information content (AvgIpc) is 2.77. The molecular weight excluding hydrogens is 267 g/mol. The van der Waals surface area contributed by atoms with E-state index in [0.717, 1.165) is 5.30 Å². The van der Waals surface area contributed by atoms with E-state index in [1.807, 2.05) is 48.5 Å². The number of benzene rings is 2. The van der Waals surface area contributed by atoms with E-state index in [4.69, 9.17) is 25.6 Å². The quantitative estimate of drug-likeness (QED) is 0.789. The SMILES string of the molecule is COc1cccc2c1OP(=S)(c1ccccc1)O2. The highest BCUT2D eigenvalue weighted by Crippen LogP contribution is 2.60. The fourth-order valence-electron chi connectivity index (χ4n) is 1.80. The second kappa shape index (κ2) is 4.30. The highest BCUT2D eigenvalue weighted by molar-refractivity contribution is 8.14. The molecule has 2 aromatic carbocycles. The van der Waals surface area contributed by atoms with E-state index < -0.39 is 6.49 Å². The molecule has 0 bridgehead atoms. The van der Waals surface area contributed by atoms with Crippen molar-refractivity contribution < 1.29 is 13.8 Å². The van der Waals surface area contributed by atoms with Crippen LogP contribution in [-0.2, 0) is 11.8 Å². The largest absolute Gasteiger partial charge is 0.493 e. The summed E-state index contributed by atoms with van der Waals surface area (Å²) in [4.78, 5) is 0. The number of hydrogen-bond donors (Lipinski definition) is 0. The molecule has 0 aliphatic carbocycles. The van der Waals surface area contributed by atoms with Gasteiger partial charge in [-0.3, -0.25) is 0 Å². The Kier molecular flexibility index (Phi) is 2.77. The zero-order valence-electron chi connectivity index (χ0n) is 9.70. The van der Waals surface area contributed by atoms with E-state index in [1.165, 1.54) is 0 Å². The molecule has 0 spiro atoms. The zero-order chi connectivity index (χ0) is 12.6. The Balaban J connectivity index is 2.05. The molecule has 1 aliphatic rings. The lowest BCUT2D eigenvalue weighted by atomic mass is 10.3. The van der Waals surface area contributed by atoms with Crippen molar-refractivity contribution in [1.29, 1.82) is 0 Å². The summed E-state index contributed by atoms with van der Waals surface area (Å²) in [6.45, 7) is -2.49. The Morgan fingerprint density at radius 1 is 1.00 bits per heavy atom. The van der Waals surface area contributed by atoms with E-state index in [1.54, 1.807) is 7.11 Å². The molecule has 2 aromatic rings. The van der Waals surface area contributed by atoms with Gasteiger partial charge in [-0.15, -0.1) is 0 Å². The van der Waals surface area contributed by atoms with Crippen LogP contribution in [0.1, 0.15) is 0 Å². The first-order valence-corrected chi connectivity index (χ1v) is 8.08. The van der Waals surface area contributed by atoms with Gasteiger partial charge in [-0.2, -0.15) is 0 Å². The summed E-state index contributed by atoms with van der Waals surface area (Å²) in [5.41, 5.74) is 0. The molecule has 5 heteroatoms. The van der Waals surface area contributed by atoms with Crippen LogP contribution in [0.4, 0.5) is 0 Å². The van der Waals surface area contributed by atoms with E-state index in [2.05, 4.69) is 0 Å². The van der Waals surface area contributed by atoms with E-state index in [9.17, 15) is 0 Å². The topological polar surface area (TPSA) is 27.7 Å². The minimum atomic E-state index is -2.49. The van der Waals surface area contributed by atoms with Crippen LogP contribution in [-0.4, -0.2) is 7.11 Å². The summed E-state index contributed by atoms with van der Waals surface area (Å²) in [6.07, 6.45) is 0. The predicted molar refractivity (Wildman–Crippen MR) is 74.6 cm³/mol. The lowest BCUT2D eigenvalue weighted by molar-refractivity contribution is 0.400. The van der Waals surface area contributed by atoms with Gasteiger partial charge in [0.15, 0.2) is 11.5 Å². The van der Waals surface area contributed by atoms with Gasteiger partial charge in [0.05, 0.1) is 12.4 Å². The van der Waals surface area contributed by atoms with Gasteiger partial charge >= 0.3 is 6.49 Å². The van der Waals surface area contributed by atoms with E-state index in [0.29, 0.717) is 17.2 Å². The van der Waals surface area contributed by atoms with Gasteiger partial charge in [0.1, 0.15) is 0 Å². The fraction of sp³-hybridized carbons (Fsp3) is 0.0769. The molecule has 0 radical (unpaired) electrons. The minimum absolute atomic E-state index is 0.604. The van der Waals surface area contributed by atoms with Crippen molar-refractivity contribution in [3.8, 4) is 17.2 Å². The van der Waals surface area contributed by atoms with E-state index >= 15 is 0 Å². The Hall–Kier alpha value is -1.51. The third kappa shape index (κ3) is 1.78. The van der Waals surface area contributed by atoms with Gasteiger partial charge in [-0.25, -0.2) is 0 Å². The smallest absolute Gasteiger partial charge is 0.319 e. The van der Waals surface area contributed by atoms with Crippen LogP contribution in [0.3, 0.4) is 0 Å². The van der Waals surface area contributed by atoms with Crippen LogP contribution in [0.2, 0.25) is 0 Å². The molecule has 3 rings (SSSR count). The van der Waals surface area contributed by atoms with E-state index in [-0.39, 0.29) is 0 Å². The van der Waals surface area contributed by atoms with Crippen LogP contribution in [0, 0.1) is 0 Å². The molecule has 18 heavy (non-hydrogen) atoms. The third-order valence-corrected chi connectivity index (χ3v) is 5.54. The molecule has 0 saturated heterocycles. The lowest BCUT2D eigenvalue weighted by Crippen LogP contribution is -2.09. The fourth-order valence-corrected chi connectivity index (χ4v) is 4.24. The first-order chi connectivity index (χ1) is 8.73. The van der Waals surface area contributed by atoms with Crippen LogP contribution >= 0.6 is 6.49 Å². The van der Waals surface area contributed by atoms with Crippen molar-refractivity contribution in [2.75, 3.05) is 7.11 Å². The number of rotatable bonds is 2. The molecule has 0 N–H and O–H groups in total. The summed E-state index contributed by atoms with van der Waals surface area (Å²) in [7, 11) is 1.60. The first-order valence-electron chi connectivity index (χ1n) is 5.45. The monoisotopic (exact) mass is 278 g/mol. The summed E-state index contributed by atoms with van der Waals surface area (Å²) < 4.78 is 17.0. The second-order valence-electron chi connectivity index (χ2n) is 3.80. The van der Waals surface area contributed by atoms with Gasteiger partial charge in [-0.05, 0) is 36.1 Å². The third-order valence-electron chi connectivity index (χ3n) is 2.67. The minimum Gasteiger partial charge on any atom is -0.493 e. The molecule has 1 aliphatic heterocycles. The van der Waals surface area contributed by atoms with Crippen molar-refractivity contribution in [3.05, 3.63) is 48.5 Å². The average molecular weight is 278 g/mol. The highest BCUT2D eigenvalue weighted by atomic mass is 32.5. The van der Waals surface area contributed by atoms with Crippen LogP contribution < -0.4 is 19.1 Å². The van der Waals surface area contributed by atoms with Crippen LogP contribution in [0.15, 0.2) is 48.5 Å². The summed E-state index contributed by atoms with van der Waals surface area (Å²) in [5, 5.41) is 0.901. The normalized spacial score (nSPS) is 20.7. The number of hydrogen-bond acceptors (Lipinski definition) is 4. The Labute approximate surface area is 110 Å². The molecular formula is C13H11O3PS. The van der Waals surface area contributed by atoms with Crippen molar-refractivity contribution >= 4 is 23.6 Å². The maximum absolute atomic E-state index is 5.88. The van der Waals surface area contributed by atoms with Crippen LogP contribution in [0.5, 0.6) is 17.2 Å².